The molecule has 3 nitrogen and oxygen atoms in total. The number of aromatic nitrogens is 1. The van der Waals surface area contributed by atoms with E-state index in [1.165, 1.54) is 0 Å². The van der Waals surface area contributed by atoms with Crippen LogP contribution in [-0.2, 0) is 0 Å². The van der Waals surface area contributed by atoms with Crippen molar-refractivity contribution in [3.8, 4) is 0 Å². The van der Waals surface area contributed by atoms with Gasteiger partial charge in [0.25, 0.3) is 0 Å². The van der Waals surface area contributed by atoms with Crippen molar-refractivity contribution in [2.75, 3.05) is 5.32 Å². The molecule has 2 N–H and O–H groups in total. The van der Waals surface area contributed by atoms with E-state index in [4.69, 9.17) is 5.41 Å². The normalized spacial score (nSPS) is 14.1. The molecular formula is C14H23N3. The van der Waals surface area contributed by atoms with Gasteiger partial charge in [-0.1, -0.05) is 20.8 Å². The van der Waals surface area contributed by atoms with E-state index in [-0.39, 0.29) is 5.92 Å². The highest BCUT2D eigenvalue weighted by molar-refractivity contribution is 6.03. The molecule has 0 radical (unpaired) electrons. The van der Waals surface area contributed by atoms with Crippen molar-refractivity contribution in [1.29, 1.82) is 5.41 Å². The molecule has 1 rings (SSSR count). The van der Waals surface area contributed by atoms with Crippen molar-refractivity contribution in [1.82, 2.24) is 4.98 Å². The number of hydrogen-bond donors (Lipinski definition) is 2. The van der Waals surface area contributed by atoms with Gasteiger partial charge in [0, 0.05) is 23.5 Å². The third kappa shape index (κ3) is 3.55. The Labute approximate surface area is 104 Å². The maximum atomic E-state index is 8.20. The van der Waals surface area contributed by atoms with Crippen LogP contribution >= 0.6 is 0 Å². The van der Waals surface area contributed by atoms with Crippen LogP contribution in [0.4, 0.5) is 5.82 Å². The third-order valence-electron chi connectivity index (χ3n) is 3.20. The summed E-state index contributed by atoms with van der Waals surface area (Å²) in [5.41, 5.74) is 1.61. The topological polar surface area (TPSA) is 48.8 Å². The summed E-state index contributed by atoms with van der Waals surface area (Å²) in [6.45, 7) is 8.46. The Hall–Kier alpha value is -1.38. The molecule has 1 aromatic heterocycles. The summed E-state index contributed by atoms with van der Waals surface area (Å²) >= 11 is 0. The lowest BCUT2D eigenvalue weighted by molar-refractivity contribution is 0.733. The molecule has 0 bridgehead atoms. The van der Waals surface area contributed by atoms with E-state index >= 15 is 0 Å². The van der Waals surface area contributed by atoms with E-state index in [0.29, 0.717) is 11.8 Å². The highest BCUT2D eigenvalue weighted by Crippen LogP contribution is 2.19. The molecule has 0 aliphatic rings. The van der Waals surface area contributed by atoms with E-state index in [0.717, 1.165) is 24.2 Å². The molecule has 0 spiro atoms. The van der Waals surface area contributed by atoms with Gasteiger partial charge in [0.05, 0.1) is 0 Å². The maximum Gasteiger partial charge on any atom is 0.135 e. The van der Waals surface area contributed by atoms with Crippen LogP contribution in [0.2, 0.25) is 0 Å². The molecule has 1 heterocycles. The summed E-state index contributed by atoms with van der Waals surface area (Å²) in [7, 11) is 0. The number of nitrogens with one attached hydrogen (secondary N) is 2. The van der Waals surface area contributed by atoms with E-state index < -0.39 is 0 Å². The monoisotopic (exact) mass is 233 g/mol. The first-order valence-corrected chi connectivity index (χ1v) is 6.40. The van der Waals surface area contributed by atoms with Crippen LogP contribution in [0.3, 0.4) is 0 Å². The molecule has 17 heavy (non-hydrogen) atoms. The van der Waals surface area contributed by atoms with Crippen molar-refractivity contribution in [2.24, 2.45) is 5.92 Å². The van der Waals surface area contributed by atoms with Gasteiger partial charge < -0.3 is 10.7 Å². The van der Waals surface area contributed by atoms with Gasteiger partial charge in [0.1, 0.15) is 5.82 Å². The van der Waals surface area contributed by atoms with E-state index in [1.807, 2.05) is 12.1 Å². The number of hydrogen-bond acceptors (Lipinski definition) is 3. The molecule has 94 valence electrons. The molecule has 0 fully saturated rings. The fourth-order valence-corrected chi connectivity index (χ4v) is 1.54. The summed E-state index contributed by atoms with van der Waals surface area (Å²) in [6, 6.07) is 4.26. The lowest BCUT2D eigenvalue weighted by atomic mass is 9.96. The highest BCUT2D eigenvalue weighted by Gasteiger charge is 2.14. The minimum Gasteiger partial charge on any atom is -0.367 e. The second-order valence-electron chi connectivity index (χ2n) is 4.58. The zero-order chi connectivity index (χ0) is 12.8. The molecule has 0 amide bonds. The zero-order valence-electron chi connectivity index (χ0n) is 11.2. The van der Waals surface area contributed by atoms with Crippen molar-refractivity contribution < 1.29 is 0 Å². The highest BCUT2D eigenvalue weighted by atomic mass is 15.0. The van der Waals surface area contributed by atoms with Crippen molar-refractivity contribution in [2.45, 2.75) is 46.6 Å². The van der Waals surface area contributed by atoms with E-state index in [9.17, 15) is 0 Å². The minimum absolute atomic E-state index is 0.275. The van der Waals surface area contributed by atoms with Crippen LogP contribution in [-0.4, -0.2) is 16.7 Å². The van der Waals surface area contributed by atoms with Crippen molar-refractivity contribution >= 4 is 11.5 Å². The summed E-state index contributed by atoms with van der Waals surface area (Å²) in [4.78, 5) is 4.35. The Morgan fingerprint density at radius 2 is 2.06 bits per heavy atom. The predicted molar refractivity (Wildman–Crippen MR) is 73.9 cm³/mol. The van der Waals surface area contributed by atoms with Crippen LogP contribution in [0, 0.1) is 11.3 Å². The second-order valence-corrected chi connectivity index (χ2v) is 4.58. The molecule has 3 heteroatoms. The van der Waals surface area contributed by atoms with Gasteiger partial charge in [0.2, 0.25) is 0 Å². The first kappa shape index (κ1) is 13.7. The van der Waals surface area contributed by atoms with Crippen LogP contribution < -0.4 is 5.32 Å². The number of pyridine rings is 1. The van der Waals surface area contributed by atoms with Gasteiger partial charge >= 0.3 is 0 Å². The Balaban J connectivity index is 2.95. The quantitative estimate of drug-likeness (QED) is 0.736. The standard InChI is InChI=1S/C14H23N3/c1-5-10(3)13(15)12-8-7-9-16-14(12)17-11(4)6-2/h7-11,15H,5-6H2,1-4H3,(H,16,17). The first-order chi connectivity index (χ1) is 8.10. The molecule has 0 aliphatic carbocycles. The van der Waals surface area contributed by atoms with Gasteiger partial charge in [-0.25, -0.2) is 4.98 Å². The van der Waals surface area contributed by atoms with Gasteiger partial charge in [-0.15, -0.1) is 0 Å². The Morgan fingerprint density at radius 3 is 2.65 bits per heavy atom. The number of nitrogens with zero attached hydrogens (tertiary/aromatic N) is 1. The SMILES string of the molecule is CCC(C)Nc1ncccc1C(=N)C(C)CC. The van der Waals surface area contributed by atoms with Crippen LogP contribution in [0.15, 0.2) is 18.3 Å². The van der Waals surface area contributed by atoms with E-state index in [1.54, 1.807) is 6.20 Å². The predicted octanol–water partition coefficient (Wildman–Crippen LogP) is 3.71. The van der Waals surface area contributed by atoms with Gasteiger partial charge in [-0.2, -0.15) is 0 Å². The fourth-order valence-electron chi connectivity index (χ4n) is 1.54. The van der Waals surface area contributed by atoms with Gasteiger partial charge in [0.15, 0.2) is 0 Å². The molecular weight excluding hydrogens is 210 g/mol. The smallest absolute Gasteiger partial charge is 0.135 e. The Morgan fingerprint density at radius 1 is 1.35 bits per heavy atom. The molecule has 0 saturated heterocycles. The summed E-state index contributed by atoms with van der Waals surface area (Å²) in [5.74, 6) is 1.11. The molecule has 2 unspecified atom stereocenters. The minimum atomic E-state index is 0.275. The maximum absolute atomic E-state index is 8.20. The van der Waals surface area contributed by atoms with Crippen LogP contribution in [0.1, 0.15) is 46.1 Å². The lowest BCUT2D eigenvalue weighted by Gasteiger charge is -2.18. The summed E-state index contributed by atoms with van der Waals surface area (Å²) in [6.07, 6.45) is 3.81. The largest absolute Gasteiger partial charge is 0.367 e. The van der Waals surface area contributed by atoms with E-state index in [2.05, 4.69) is 38.0 Å². The molecule has 1 aromatic rings. The Bertz CT molecular complexity index is 373. The third-order valence-corrected chi connectivity index (χ3v) is 3.20. The van der Waals surface area contributed by atoms with Crippen LogP contribution in [0.25, 0.3) is 0 Å². The molecule has 0 saturated carbocycles. The second kappa shape index (κ2) is 6.38. The summed E-state index contributed by atoms with van der Waals surface area (Å²) < 4.78 is 0. The van der Waals surface area contributed by atoms with Crippen molar-refractivity contribution in [3.63, 3.8) is 0 Å². The van der Waals surface area contributed by atoms with Crippen LogP contribution in [0.5, 0.6) is 0 Å². The first-order valence-electron chi connectivity index (χ1n) is 6.40. The number of anilines is 1. The average molecular weight is 233 g/mol. The molecule has 0 aliphatic heterocycles. The number of rotatable bonds is 6. The Kier molecular flexibility index (Phi) is 5.13. The lowest BCUT2D eigenvalue weighted by Crippen LogP contribution is -2.19. The fraction of sp³-hybridized carbons (Fsp3) is 0.571. The average Bonchev–Trinajstić information content (AvgIpc) is 2.37. The summed E-state index contributed by atoms with van der Waals surface area (Å²) in [5, 5.41) is 11.6. The zero-order valence-corrected chi connectivity index (χ0v) is 11.2. The molecule has 2 atom stereocenters. The van der Waals surface area contributed by atoms with Crippen molar-refractivity contribution in [3.05, 3.63) is 23.9 Å². The molecule has 0 aromatic carbocycles. The van der Waals surface area contributed by atoms with Gasteiger partial charge in [-0.3, -0.25) is 0 Å². The van der Waals surface area contributed by atoms with Gasteiger partial charge in [-0.05, 0) is 37.8 Å².